The van der Waals surface area contributed by atoms with Gasteiger partial charge in [-0.3, -0.25) is 4.79 Å². The predicted molar refractivity (Wildman–Crippen MR) is 57.4 cm³/mol. The van der Waals surface area contributed by atoms with Crippen molar-refractivity contribution in [2.45, 2.75) is 18.9 Å². The molecule has 0 aliphatic carbocycles. The Morgan fingerprint density at radius 1 is 1.21 bits per heavy atom. The van der Waals surface area contributed by atoms with E-state index in [4.69, 9.17) is 0 Å². The zero-order valence-electron chi connectivity index (χ0n) is 9.80. The van der Waals surface area contributed by atoms with Crippen molar-refractivity contribution in [1.29, 1.82) is 0 Å². The van der Waals surface area contributed by atoms with Crippen LogP contribution in [0.5, 0.6) is 0 Å². The largest absolute Gasteiger partial charge is 0.391 e. The average Bonchev–Trinajstić information content (AvgIpc) is 2.40. The molecule has 0 bridgehead atoms. The van der Waals surface area contributed by atoms with E-state index in [1.165, 1.54) is 0 Å². The molecule has 1 fully saturated rings. The summed E-state index contributed by atoms with van der Waals surface area (Å²) in [5.74, 6) is -8.27. The summed E-state index contributed by atoms with van der Waals surface area (Å²) in [6, 6.07) is 0.330. The van der Waals surface area contributed by atoms with Gasteiger partial charge in [0.25, 0.3) is 5.91 Å². The molecule has 0 radical (unpaired) electrons. The van der Waals surface area contributed by atoms with Gasteiger partial charge in [0.1, 0.15) is 0 Å². The first kappa shape index (κ1) is 13.8. The number of aliphatic hydroxyl groups is 1. The summed E-state index contributed by atoms with van der Waals surface area (Å²) in [4.78, 5) is 13.0. The molecule has 2 rings (SSSR count). The van der Waals surface area contributed by atoms with Gasteiger partial charge in [-0.1, -0.05) is 0 Å². The van der Waals surface area contributed by atoms with Gasteiger partial charge >= 0.3 is 0 Å². The summed E-state index contributed by atoms with van der Waals surface area (Å²) in [6.45, 7) is 0.203. The van der Waals surface area contributed by atoms with E-state index in [1.54, 1.807) is 0 Å². The molecule has 1 amide bonds. The molecule has 7 heteroatoms. The standard InChI is InChI=1S/C12H11F4NO2/c13-8-4-7(9(14)11(16)10(8)15)12(19)17-3-1-2-6(18)5-17/h4,6,18H,1-3,5H2/t6-/m0/s1. The first-order valence-corrected chi connectivity index (χ1v) is 5.72. The lowest BCUT2D eigenvalue weighted by atomic mass is 10.1. The molecule has 104 valence electrons. The third kappa shape index (κ3) is 2.56. The number of piperidine rings is 1. The molecule has 19 heavy (non-hydrogen) atoms. The van der Waals surface area contributed by atoms with Crippen LogP contribution in [0.3, 0.4) is 0 Å². The van der Waals surface area contributed by atoms with Crippen molar-refractivity contribution < 1.29 is 27.5 Å². The summed E-state index contributed by atoms with van der Waals surface area (Å²) >= 11 is 0. The van der Waals surface area contributed by atoms with Crippen molar-refractivity contribution in [3.8, 4) is 0 Å². The zero-order valence-corrected chi connectivity index (χ0v) is 9.80. The van der Waals surface area contributed by atoms with Crippen LogP contribution < -0.4 is 0 Å². The second-order valence-corrected chi connectivity index (χ2v) is 4.40. The van der Waals surface area contributed by atoms with Gasteiger partial charge in [0.15, 0.2) is 23.3 Å². The molecular formula is C12H11F4NO2. The minimum absolute atomic E-state index is 0.0428. The number of nitrogens with zero attached hydrogens (tertiary/aromatic N) is 1. The lowest BCUT2D eigenvalue weighted by Gasteiger charge is -2.30. The van der Waals surface area contributed by atoms with Crippen molar-refractivity contribution in [3.05, 3.63) is 34.9 Å². The lowest BCUT2D eigenvalue weighted by molar-refractivity contribution is 0.0468. The Bertz CT molecular complexity index is 521. The molecule has 0 unspecified atom stereocenters. The maximum absolute atomic E-state index is 13.5. The highest BCUT2D eigenvalue weighted by Crippen LogP contribution is 2.21. The maximum Gasteiger partial charge on any atom is 0.257 e. The van der Waals surface area contributed by atoms with E-state index in [0.717, 1.165) is 4.90 Å². The summed E-state index contributed by atoms with van der Waals surface area (Å²) < 4.78 is 52.3. The predicted octanol–water partition coefficient (Wildman–Crippen LogP) is 1.84. The molecule has 1 N–H and O–H groups in total. The number of carbonyl (C=O) groups is 1. The van der Waals surface area contributed by atoms with Gasteiger partial charge in [0, 0.05) is 13.1 Å². The number of carbonyl (C=O) groups excluding carboxylic acids is 1. The fourth-order valence-corrected chi connectivity index (χ4v) is 2.04. The Morgan fingerprint density at radius 3 is 2.53 bits per heavy atom. The van der Waals surface area contributed by atoms with Crippen LogP contribution in [0.25, 0.3) is 0 Å². The van der Waals surface area contributed by atoms with Crippen LogP contribution in [-0.4, -0.2) is 35.1 Å². The summed E-state index contributed by atoms with van der Waals surface area (Å²) in [5.41, 5.74) is -0.870. The molecule has 0 spiro atoms. The molecule has 1 aliphatic heterocycles. The van der Waals surface area contributed by atoms with Crippen LogP contribution in [0.4, 0.5) is 17.6 Å². The van der Waals surface area contributed by atoms with Crippen LogP contribution in [0.15, 0.2) is 6.07 Å². The number of amides is 1. The SMILES string of the molecule is O=C(c1cc(F)c(F)c(F)c1F)N1CCC[C@H](O)C1. The van der Waals surface area contributed by atoms with Gasteiger partial charge < -0.3 is 10.0 Å². The normalized spacial score (nSPS) is 19.6. The molecule has 0 saturated carbocycles. The van der Waals surface area contributed by atoms with Crippen molar-refractivity contribution in [2.24, 2.45) is 0 Å². The number of aliphatic hydroxyl groups excluding tert-OH is 1. The monoisotopic (exact) mass is 277 g/mol. The minimum Gasteiger partial charge on any atom is -0.391 e. The highest BCUT2D eigenvalue weighted by atomic mass is 19.2. The van der Waals surface area contributed by atoms with Crippen LogP contribution in [0, 0.1) is 23.3 Å². The summed E-state index contributed by atoms with van der Waals surface area (Å²) in [7, 11) is 0. The van der Waals surface area contributed by atoms with Gasteiger partial charge in [0.2, 0.25) is 0 Å². The Morgan fingerprint density at radius 2 is 1.89 bits per heavy atom. The maximum atomic E-state index is 13.5. The third-order valence-electron chi connectivity index (χ3n) is 3.02. The quantitative estimate of drug-likeness (QED) is 0.483. The number of halogens is 4. The zero-order chi connectivity index (χ0) is 14.2. The Labute approximate surface area is 106 Å². The van der Waals surface area contributed by atoms with Gasteiger partial charge in [0.05, 0.1) is 11.7 Å². The highest BCUT2D eigenvalue weighted by Gasteiger charge is 2.28. The Hall–Kier alpha value is -1.63. The van der Waals surface area contributed by atoms with E-state index in [0.29, 0.717) is 18.9 Å². The lowest BCUT2D eigenvalue weighted by Crippen LogP contribution is -2.42. The Balaban J connectivity index is 2.34. The van der Waals surface area contributed by atoms with Crippen LogP contribution >= 0.6 is 0 Å². The van der Waals surface area contributed by atoms with Crippen molar-refractivity contribution in [3.63, 3.8) is 0 Å². The molecule has 1 heterocycles. The first-order chi connectivity index (χ1) is 8.91. The number of β-amino-alcohol motifs (C(OH)–C–C–N with tert-alkyl or cyclic N) is 1. The second kappa shape index (κ2) is 5.16. The minimum atomic E-state index is -2.01. The van der Waals surface area contributed by atoms with E-state index in [2.05, 4.69) is 0 Å². The van der Waals surface area contributed by atoms with E-state index in [-0.39, 0.29) is 13.1 Å². The topological polar surface area (TPSA) is 40.5 Å². The van der Waals surface area contributed by atoms with E-state index in [1.807, 2.05) is 0 Å². The first-order valence-electron chi connectivity index (χ1n) is 5.72. The third-order valence-corrected chi connectivity index (χ3v) is 3.02. The van der Waals surface area contributed by atoms with E-state index in [9.17, 15) is 27.5 Å². The Kier molecular flexibility index (Phi) is 3.75. The molecule has 1 aromatic carbocycles. The van der Waals surface area contributed by atoms with Crippen molar-refractivity contribution in [2.75, 3.05) is 13.1 Å². The van der Waals surface area contributed by atoms with Gasteiger partial charge in [-0.05, 0) is 18.9 Å². The number of rotatable bonds is 1. The average molecular weight is 277 g/mol. The van der Waals surface area contributed by atoms with Crippen LogP contribution in [0.1, 0.15) is 23.2 Å². The van der Waals surface area contributed by atoms with Crippen LogP contribution in [0.2, 0.25) is 0 Å². The van der Waals surface area contributed by atoms with Gasteiger partial charge in [-0.15, -0.1) is 0 Å². The molecule has 0 aromatic heterocycles. The number of hydrogen-bond donors (Lipinski definition) is 1. The summed E-state index contributed by atoms with van der Waals surface area (Å²) in [5, 5.41) is 9.40. The number of hydrogen-bond acceptors (Lipinski definition) is 2. The van der Waals surface area contributed by atoms with E-state index < -0.39 is 40.8 Å². The second-order valence-electron chi connectivity index (χ2n) is 4.40. The fraction of sp³-hybridized carbons (Fsp3) is 0.417. The van der Waals surface area contributed by atoms with Crippen molar-refractivity contribution >= 4 is 5.91 Å². The molecular weight excluding hydrogens is 266 g/mol. The molecule has 1 atom stereocenters. The fourth-order valence-electron chi connectivity index (χ4n) is 2.04. The van der Waals surface area contributed by atoms with Crippen LogP contribution in [-0.2, 0) is 0 Å². The molecule has 1 saturated heterocycles. The number of likely N-dealkylation sites (tertiary alicyclic amines) is 1. The number of benzene rings is 1. The smallest absolute Gasteiger partial charge is 0.257 e. The van der Waals surface area contributed by atoms with Gasteiger partial charge in [-0.2, -0.15) is 0 Å². The highest BCUT2D eigenvalue weighted by molar-refractivity contribution is 5.94. The molecule has 1 aromatic rings. The molecule has 1 aliphatic rings. The van der Waals surface area contributed by atoms with E-state index >= 15 is 0 Å². The van der Waals surface area contributed by atoms with Gasteiger partial charge in [-0.25, -0.2) is 17.6 Å². The molecule has 3 nitrogen and oxygen atoms in total. The summed E-state index contributed by atoms with van der Waals surface area (Å²) in [6.07, 6.45) is 0.245. The van der Waals surface area contributed by atoms with Crippen molar-refractivity contribution in [1.82, 2.24) is 4.90 Å².